The van der Waals surface area contributed by atoms with Gasteiger partial charge in [-0.25, -0.2) is 4.99 Å². The molecule has 0 spiro atoms. The summed E-state index contributed by atoms with van der Waals surface area (Å²) in [6.45, 7) is 4.48. The quantitative estimate of drug-likeness (QED) is 0.392. The lowest BCUT2D eigenvalue weighted by Crippen LogP contribution is -2.26. The summed E-state index contributed by atoms with van der Waals surface area (Å²) < 4.78 is 6.45. The van der Waals surface area contributed by atoms with Gasteiger partial charge in [0.25, 0.3) is 0 Å². The van der Waals surface area contributed by atoms with Crippen LogP contribution in [-0.2, 0) is 11.2 Å². The Morgan fingerprint density at radius 1 is 0.767 bits per heavy atom. The molecule has 0 saturated heterocycles. The van der Waals surface area contributed by atoms with E-state index in [1.165, 1.54) is 16.3 Å². The van der Waals surface area contributed by atoms with Gasteiger partial charge in [0, 0.05) is 5.56 Å². The van der Waals surface area contributed by atoms with Crippen LogP contribution in [0.25, 0.3) is 16.3 Å². The molecule has 0 saturated carbocycles. The second-order valence-corrected chi connectivity index (χ2v) is 7.65. The summed E-state index contributed by atoms with van der Waals surface area (Å²) in [5.41, 5.74) is 4.35. The number of ether oxygens (including phenoxy) is 1. The molecule has 2 heteroatoms. The zero-order valence-corrected chi connectivity index (χ0v) is 16.7. The number of nitrogens with zero attached hydrogens (tertiary/aromatic N) is 1. The number of rotatable bonds is 5. The van der Waals surface area contributed by atoms with E-state index in [1.807, 2.05) is 36.4 Å². The van der Waals surface area contributed by atoms with Crippen LogP contribution in [0.1, 0.15) is 16.7 Å². The van der Waals surface area contributed by atoms with Crippen molar-refractivity contribution in [2.24, 2.45) is 4.99 Å². The van der Waals surface area contributed by atoms with E-state index in [-0.39, 0.29) is 12.1 Å². The molecular weight excluding hydrogens is 366 g/mol. The molecule has 0 aromatic heterocycles. The van der Waals surface area contributed by atoms with Crippen LogP contribution >= 0.6 is 0 Å². The molecule has 0 unspecified atom stereocenters. The van der Waals surface area contributed by atoms with Gasteiger partial charge in [0.2, 0.25) is 5.90 Å². The first-order valence-corrected chi connectivity index (χ1v) is 10.3. The molecule has 2 atom stereocenters. The SMILES string of the molecule is C=C(c1cccc2ccccc12)[C@@H]1OC(c2ccccc2)=N[C@H]1Cc1ccccc1. The van der Waals surface area contributed by atoms with Crippen molar-refractivity contribution in [2.75, 3.05) is 0 Å². The summed E-state index contributed by atoms with van der Waals surface area (Å²) in [5.74, 6) is 0.697. The molecule has 0 amide bonds. The fraction of sp³-hybridized carbons (Fsp3) is 0.107. The highest BCUT2D eigenvalue weighted by molar-refractivity contribution is 5.99. The summed E-state index contributed by atoms with van der Waals surface area (Å²) in [6, 6.07) is 35.4. The Hall–Kier alpha value is -3.65. The van der Waals surface area contributed by atoms with Gasteiger partial charge < -0.3 is 4.74 Å². The van der Waals surface area contributed by atoms with Gasteiger partial charge in [-0.2, -0.15) is 0 Å². The van der Waals surface area contributed by atoms with Gasteiger partial charge in [0.05, 0.1) is 6.04 Å². The van der Waals surface area contributed by atoms with E-state index in [9.17, 15) is 0 Å². The Kier molecular flexibility index (Phi) is 4.90. The van der Waals surface area contributed by atoms with E-state index in [0.29, 0.717) is 5.90 Å². The molecule has 0 aliphatic carbocycles. The monoisotopic (exact) mass is 389 g/mol. The highest BCUT2D eigenvalue weighted by Gasteiger charge is 2.34. The van der Waals surface area contributed by atoms with Crippen LogP contribution in [0.3, 0.4) is 0 Å². The third-order valence-electron chi connectivity index (χ3n) is 5.66. The van der Waals surface area contributed by atoms with E-state index in [4.69, 9.17) is 9.73 Å². The summed E-state index contributed by atoms with van der Waals surface area (Å²) in [4.78, 5) is 5.00. The average Bonchev–Trinajstić information content (AvgIpc) is 3.23. The minimum atomic E-state index is -0.203. The van der Waals surface area contributed by atoms with Crippen molar-refractivity contribution in [3.8, 4) is 0 Å². The normalized spacial score (nSPS) is 18.1. The van der Waals surface area contributed by atoms with Crippen LogP contribution in [0.5, 0.6) is 0 Å². The Labute approximate surface area is 177 Å². The maximum atomic E-state index is 6.45. The first-order chi connectivity index (χ1) is 14.8. The van der Waals surface area contributed by atoms with Gasteiger partial charge in [-0.05, 0) is 46.0 Å². The second kappa shape index (κ2) is 8.00. The molecule has 4 aromatic carbocycles. The zero-order valence-electron chi connectivity index (χ0n) is 16.7. The van der Waals surface area contributed by atoms with Crippen LogP contribution in [0.15, 0.2) is 115 Å². The van der Waals surface area contributed by atoms with Crippen LogP contribution < -0.4 is 0 Å². The van der Waals surface area contributed by atoms with E-state index in [0.717, 1.165) is 23.1 Å². The summed E-state index contributed by atoms with van der Waals surface area (Å²) in [5, 5.41) is 2.40. The Balaban J connectivity index is 1.52. The smallest absolute Gasteiger partial charge is 0.217 e. The number of hydrogen-bond acceptors (Lipinski definition) is 2. The first kappa shape index (κ1) is 18.4. The minimum absolute atomic E-state index is 0.0194. The Morgan fingerprint density at radius 2 is 1.43 bits per heavy atom. The predicted molar refractivity (Wildman–Crippen MR) is 125 cm³/mol. The minimum Gasteiger partial charge on any atom is -0.467 e. The van der Waals surface area contributed by atoms with E-state index < -0.39 is 0 Å². The molecule has 1 aliphatic rings. The van der Waals surface area contributed by atoms with Crippen LogP contribution in [0, 0.1) is 0 Å². The highest BCUT2D eigenvalue weighted by Crippen LogP contribution is 2.34. The molecule has 5 rings (SSSR count). The summed E-state index contributed by atoms with van der Waals surface area (Å²) in [7, 11) is 0. The van der Waals surface area contributed by atoms with Crippen molar-refractivity contribution >= 4 is 22.2 Å². The molecule has 4 aromatic rings. The third kappa shape index (κ3) is 3.53. The molecular formula is C28H23NO. The van der Waals surface area contributed by atoms with Crippen molar-refractivity contribution < 1.29 is 4.74 Å². The average molecular weight is 389 g/mol. The largest absolute Gasteiger partial charge is 0.467 e. The number of hydrogen-bond donors (Lipinski definition) is 0. The van der Waals surface area contributed by atoms with E-state index >= 15 is 0 Å². The van der Waals surface area contributed by atoms with Crippen LogP contribution in [-0.4, -0.2) is 18.0 Å². The standard InChI is InChI=1S/C28H23NO/c1-20(24-18-10-16-22-13-8-9-17-25(22)24)27-26(19-21-11-4-2-5-12-21)29-28(30-27)23-14-6-3-7-15-23/h2-18,26-27H,1,19H2/t26-,27-/m0/s1. The molecule has 30 heavy (non-hydrogen) atoms. The van der Waals surface area contributed by atoms with Crippen molar-refractivity contribution in [3.05, 3.63) is 126 Å². The first-order valence-electron chi connectivity index (χ1n) is 10.3. The molecule has 146 valence electrons. The maximum absolute atomic E-state index is 6.45. The lowest BCUT2D eigenvalue weighted by atomic mass is 9.91. The van der Waals surface area contributed by atoms with Crippen molar-refractivity contribution in [1.29, 1.82) is 0 Å². The molecule has 2 nitrogen and oxygen atoms in total. The topological polar surface area (TPSA) is 21.6 Å². The number of aliphatic imine (C=N–C) groups is 1. The van der Waals surface area contributed by atoms with Gasteiger partial charge in [-0.1, -0.05) is 97.6 Å². The van der Waals surface area contributed by atoms with Crippen molar-refractivity contribution in [1.82, 2.24) is 0 Å². The Bertz CT molecular complexity index is 1210. The van der Waals surface area contributed by atoms with Crippen LogP contribution in [0.4, 0.5) is 0 Å². The molecule has 0 bridgehead atoms. The number of fused-ring (bicyclic) bond motifs is 1. The summed E-state index contributed by atoms with van der Waals surface area (Å²) in [6.07, 6.45) is 0.609. The molecule has 1 aliphatic heterocycles. The molecule has 0 fully saturated rings. The molecule has 1 heterocycles. The number of benzene rings is 4. The van der Waals surface area contributed by atoms with Gasteiger partial charge in [0.1, 0.15) is 6.10 Å². The third-order valence-corrected chi connectivity index (χ3v) is 5.66. The zero-order chi connectivity index (χ0) is 20.3. The fourth-order valence-electron chi connectivity index (χ4n) is 4.14. The van der Waals surface area contributed by atoms with Crippen molar-refractivity contribution in [2.45, 2.75) is 18.6 Å². The van der Waals surface area contributed by atoms with Gasteiger partial charge in [-0.15, -0.1) is 0 Å². The second-order valence-electron chi connectivity index (χ2n) is 7.65. The summed E-state index contributed by atoms with van der Waals surface area (Å²) >= 11 is 0. The van der Waals surface area contributed by atoms with Gasteiger partial charge >= 0.3 is 0 Å². The highest BCUT2D eigenvalue weighted by atomic mass is 16.5. The van der Waals surface area contributed by atoms with E-state index in [1.54, 1.807) is 0 Å². The van der Waals surface area contributed by atoms with Gasteiger partial charge in [0.15, 0.2) is 0 Å². The molecule has 0 N–H and O–H groups in total. The lowest BCUT2D eigenvalue weighted by Gasteiger charge is -2.21. The molecule has 0 radical (unpaired) electrons. The lowest BCUT2D eigenvalue weighted by molar-refractivity contribution is 0.251. The fourth-order valence-corrected chi connectivity index (χ4v) is 4.14. The predicted octanol–water partition coefficient (Wildman–Crippen LogP) is 6.31. The maximum Gasteiger partial charge on any atom is 0.217 e. The van der Waals surface area contributed by atoms with Crippen molar-refractivity contribution in [3.63, 3.8) is 0 Å². The van der Waals surface area contributed by atoms with E-state index in [2.05, 4.69) is 73.3 Å². The Morgan fingerprint density at radius 3 is 2.23 bits per heavy atom. The van der Waals surface area contributed by atoms with Crippen LogP contribution in [0.2, 0.25) is 0 Å². The van der Waals surface area contributed by atoms with Gasteiger partial charge in [-0.3, -0.25) is 0 Å².